The van der Waals surface area contributed by atoms with Crippen molar-refractivity contribution < 1.29 is 0 Å². The minimum atomic E-state index is 0.485. The van der Waals surface area contributed by atoms with E-state index in [9.17, 15) is 0 Å². The fourth-order valence-corrected chi connectivity index (χ4v) is 3.04. The number of nitrogens with zero attached hydrogens (tertiary/aromatic N) is 4. The van der Waals surface area contributed by atoms with Gasteiger partial charge in [0.1, 0.15) is 5.15 Å². The summed E-state index contributed by atoms with van der Waals surface area (Å²) < 4.78 is 1.98. The molecule has 146 valence electrons. The summed E-state index contributed by atoms with van der Waals surface area (Å²) in [4.78, 5) is 8.74. The van der Waals surface area contributed by atoms with Crippen LogP contribution >= 0.6 is 11.6 Å². The van der Waals surface area contributed by atoms with E-state index in [1.807, 2.05) is 36.7 Å². The number of pyridine rings is 1. The zero-order valence-corrected chi connectivity index (χ0v) is 17.2. The van der Waals surface area contributed by atoms with E-state index in [1.54, 1.807) is 12.3 Å². The number of aryl methyl sites for hydroxylation is 2. The molecule has 2 N–H and O–H groups in total. The van der Waals surface area contributed by atoms with Crippen molar-refractivity contribution in [3.05, 3.63) is 76.3 Å². The molecule has 6 nitrogen and oxygen atoms in total. The van der Waals surface area contributed by atoms with Crippen molar-refractivity contribution in [2.24, 2.45) is 4.99 Å². The summed E-state index contributed by atoms with van der Waals surface area (Å²) in [7, 11) is 0. The van der Waals surface area contributed by atoms with Crippen LogP contribution in [0.3, 0.4) is 0 Å². The third-order valence-electron chi connectivity index (χ3n) is 4.23. The first-order valence-corrected chi connectivity index (χ1v) is 9.68. The Balaban J connectivity index is 1.74. The zero-order valence-electron chi connectivity index (χ0n) is 16.4. The molecule has 3 aromatic rings. The Labute approximate surface area is 170 Å². The minimum absolute atomic E-state index is 0.485. The first kappa shape index (κ1) is 19.9. The van der Waals surface area contributed by atoms with Crippen LogP contribution in [0.1, 0.15) is 29.4 Å². The Kier molecular flexibility index (Phi) is 6.66. The first-order chi connectivity index (χ1) is 13.6. The standard InChI is InChI=1S/C21H25ClN6/c1-4-23-21(25-13-17-9-10-20(22)24-12-17)26-14-18-7-5-6-8-19(18)28-16(3)11-15(2)27-28/h5-12H,4,13-14H2,1-3H3,(H2,23,25,26). The number of hydrogen-bond acceptors (Lipinski definition) is 3. The number of aromatic nitrogens is 3. The van der Waals surface area contributed by atoms with Crippen molar-refractivity contribution in [3.63, 3.8) is 0 Å². The molecule has 1 aromatic carbocycles. The number of aliphatic imine (C=N–C) groups is 1. The van der Waals surface area contributed by atoms with Crippen molar-refractivity contribution in [3.8, 4) is 5.69 Å². The van der Waals surface area contributed by atoms with Gasteiger partial charge in [-0.15, -0.1) is 0 Å². The monoisotopic (exact) mass is 396 g/mol. The molecule has 0 unspecified atom stereocenters. The van der Waals surface area contributed by atoms with Crippen molar-refractivity contribution in [2.75, 3.05) is 6.54 Å². The summed E-state index contributed by atoms with van der Waals surface area (Å²) in [5.41, 5.74) is 5.34. The van der Waals surface area contributed by atoms with Crippen molar-refractivity contribution >= 4 is 17.6 Å². The van der Waals surface area contributed by atoms with Gasteiger partial charge in [0.15, 0.2) is 5.96 Å². The van der Waals surface area contributed by atoms with Crippen LogP contribution in [0, 0.1) is 13.8 Å². The highest BCUT2D eigenvalue weighted by Gasteiger charge is 2.09. The third kappa shape index (κ3) is 5.10. The van der Waals surface area contributed by atoms with Gasteiger partial charge in [0.05, 0.1) is 17.9 Å². The molecular weight excluding hydrogens is 372 g/mol. The molecule has 28 heavy (non-hydrogen) atoms. The summed E-state index contributed by atoms with van der Waals surface area (Å²) in [6.45, 7) is 8.06. The van der Waals surface area contributed by atoms with Crippen LogP contribution < -0.4 is 10.6 Å². The summed E-state index contributed by atoms with van der Waals surface area (Å²) >= 11 is 5.84. The molecule has 0 saturated carbocycles. The Morgan fingerprint density at radius 1 is 1.14 bits per heavy atom. The predicted octanol–water partition coefficient (Wildman–Crippen LogP) is 3.79. The molecule has 0 aliphatic rings. The molecular formula is C21H25ClN6. The molecule has 0 radical (unpaired) electrons. The number of halogens is 1. The van der Waals surface area contributed by atoms with Gasteiger partial charge < -0.3 is 10.6 Å². The van der Waals surface area contributed by atoms with E-state index in [-0.39, 0.29) is 0 Å². The Morgan fingerprint density at radius 2 is 1.96 bits per heavy atom. The largest absolute Gasteiger partial charge is 0.357 e. The summed E-state index contributed by atoms with van der Waals surface area (Å²) in [6, 6.07) is 14.0. The van der Waals surface area contributed by atoms with E-state index in [1.165, 1.54) is 0 Å². The topological polar surface area (TPSA) is 67.1 Å². The second-order valence-electron chi connectivity index (χ2n) is 6.51. The molecule has 0 fully saturated rings. The predicted molar refractivity (Wildman–Crippen MR) is 114 cm³/mol. The number of guanidine groups is 1. The molecule has 3 rings (SSSR count). The van der Waals surface area contributed by atoms with E-state index >= 15 is 0 Å². The van der Waals surface area contributed by atoms with Gasteiger partial charge in [-0.3, -0.25) is 0 Å². The first-order valence-electron chi connectivity index (χ1n) is 9.31. The molecule has 0 amide bonds. The minimum Gasteiger partial charge on any atom is -0.357 e. The van der Waals surface area contributed by atoms with Crippen LogP contribution in [0.15, 0.2) is 53.7 Å². The lowest BCUT2D eigenvalue weighted by molar-refractivity contribution is 0.783. The number of rotatable bonds is 6. The van der Waals surface area contributed by atoms with Gasteiger partial charge in [-0.1, -0.05) is 35.9 Å². The van der Waals surface area contributed by atoms with Gasteiger partial charge in [0, 0.05) is 25.0 Å². The van der Waals surface area contributed by atoms with Crippen LogP contribution in [0.2, 0.25) is 5.15 Å². The number of nitrogens with one attached hydrogen (secondary N) is 2. The average molecular weight is 397 g/mol. The maximum absolute atomic E-state index is 5.84. The average Bonchev–Trinajstić information content (AvgIpc) is 3.03. The smallest absolute Gasteiger partial charge is 0.191 e. The SMILES string of the molecule is CCNC(=NCc1ccc(Cl)nc1)NCc1ccccc1-n1nc(C)cc1C. The summed E-state index contributed by atoms with van der Waals surface area (Å²) in [5.74, 6) is 0.751. The quantitative estimate of drug-likeness (QED) is 0.378. The molecule has 7 heteroatoms. The fraction of sp³-hybridized carbons (Fsp3) is 0.286. The van der Waals surface area contributed by atoms with Crippen LogP contribution in [-0.4, -0.2) is 27.3 Å². The van der Waals surface area contributed by atoms with Crippen LogP contribution in [-0.2, 0) is 13.1 Å². The zero-order chi connectivity index (χ0) is 19.9. The van der Waals surface area contributed by atoms with Gasteiger partial charge in [0.2, 0.25) is 0 Å². The highest BCUT2D eigenvalue weighted by atomic mass is 35.5. The highest BCUT2D eigenvalue weighted by molar-refractivity contribution is 6.29. The Hall–Kier alpha value is -2.86. The van der Waals surface area contributed by atoms with Crippen LogP contribution in [0.4, 0.5) is 0 Å². The lowest BCUT2D eigenvalue weighted by Crippen LogP contribution is -2.37. The Bertz CT molecular complexity index is 946. The van der Waals surface area contributed by atoms with Gasteiger partial charge >= 0.3 is 0 Å². The molecule has 0 bridgehead atoms. The van der Waals surface area contributed by atoms with E-state index in [2.05, 4.69) is 50.8 Å². The number of benzene rings is 1. The summed E-state index contributed by atoms with van der Waals surface area (Å²) in [5, 5.41) is 11.8. The van der Waals surface area contributed by atoms with Gasteiger partial charge in [-0.2, -0.15) is 5.10 Å². The number of para-hydroxylation sites is 1. The van der Waals surface area contributed by atoms with Gasteiger partial charge in [0.25, 0.3) is 0 Å². The molecule has 0 spiro atoms. The lowest BCUT2D eigenvalue weighted by atomic mass is 10.1. The second kappa shape index (κ2) is 9.37. The van der Waals surface area contributed by atoms with E-state index in [0.717, 1.165) is 40.7 Å². The molecule has 2 aromatic heterocycles. The fourth-order valence-electron chi connectivity index (χ4n) is 2.93. The molecule has 0 saturated heterocycles. The lowest BCUT2D eigenvalue weighted by Gasteiger charge is -2.15. The number of hydrogen-bond donors (Lipinski definition) is 2. The van der Waals surface area contributed by atoms with Gasteiger partial charge in [-0.25, -0.2) is 14.7 Å². The normalized spacial score (nSPS) is 11.5. The second-order valence-corrected chi connectivity index (χ2v) is 6.89. The third-order valence-corrected chi connectivity index (χ3v) is 4.45. The Morgan fingerprint density at radius 3 is 2.64 bits per heavy atom. The molecule has 2 heterocycles. The molecule has 0 aliphatic carbocycles. The maximum atomic E-state index is 5.84. The maximum Gasteiger partial charge on any atom is 0.191 e. The summed E-state index contributed by atoms with van der Waals surface area (Å²) in [6.07, 6.45) is 1.74. The van der Waals surface area contributed by atoms with Crippen molar-refractivity contribution in [2.45, 2.75) is 33.9 Å². The van der Waals surface area contributed by atoms with Crippen molar-refractivity contribution in [1.29, 1.82) is 0 Å². The van der Waals surface area contributed by atoms with Crippen molar-refractivity contribution in [1.82, 2.24) is 25.4 Å². The van der Waals surface area contributed by atoms with Gasteiger partial charge in [-0.05, 0) is 50.1 Å². The molecule has 0 atom stereocenters. The van der Waals surface area contributed by atoms with E-state index in [4.69, 9.17) is 11.6 Å². The van der Waals surface area contributed by atoms with Crippen LogP contribution in [0.25, 0.3) is 5.69 Å². The highest BCUT2D eigenvalue weighted by Crippen LogP contribution is 2.17. The van der Waals surface area contributed by atoms with E-state index in [0.29, 0.717) is 18.2 Å². The van der Waals surface area contributed by atoms with Crippen LogP contribution in [0.5, 0.6) is 0 Å². The van der Waals surface area contributed by atoms with E-state index < -0.39 is 0 Å². The molecule has 0 aliphatic heterocycles.